The molecule has 108 valence electrons. The topological polar surface area (TPSA) is 101 Å². The summed E-state index contributed by atoms with van der Waals surface area (Å²) in [5.41, 5.74) is -0.381. The molecule has 0 aliphatic carbocycles. The summed E-state index contributed by atoms with van der Waals surface area (Å²) < 4.78 is 5.03. The summed E-state index contributed by atoms with van der Waals surface area (Å²) in [5.74, 6) is 0.125. The second-order valence-corrected chi connectivity index (χ2v) is 5.19. The van der Waals surface area contributed by atoms with Gasteiger partial charge in [0, 0.05) is 26.5 Å². The molecule has 0 aromatic carbocycles. The summed E-state index contributed by atoms with van der Waals surface area (Å²) >= 11 is 0. The minimum Gasteiger partial charge on any atom is -0.385 e. The molecule has 1 aromatic rings. The van der Waals surface area contributed by atoms with Crippen LogP contribution in [-0.4, -0.2) is 30.2 Å². The van der Waals surface area contributed by atoms with Crippen LogP contribution in [-0.2, 0) is 4.74 Å². The minimum atomic E-state index is -0.587. The number of hydrogen-bond donors (Lipinski definition) is 1. The molecule has 1 heterocycles. The third-order valence-corrected chi connectivity index (χ3v) is 2.94. The second-order valence-electron chi connectivity index (χ2n) is 5.19. The van der Waals surface area contributed by atoms with Crippen LogP contribution in [0.15, 0.2) is 12.3 Å². The molecule has 1 rings (SSSR count). The van der Waals surface area contributed by atoms with Crippen molar-refractivity contribution in [3.05, 3.63) is 27.9 Å². The summed E-state index contributed by atoms with van der Waals surface area (Å²) in [6.07, 6.45) is 2.19. The van der Waals surface area contributed by atoms with Crippen LogP contribution in [0.2, 0.25) is 0 Å². The van der Waals surface area contributed by atoms with Gasteiger partial charge in [0.1, 0.15) is 11.6 Å². The molecule has 0 unspecified atom stereocenters. The van der Waals surface area contributed by atoms with Gasteiger partial charge in [-0.25, -0.2) is 4.98 Å². The Labute approximate surface area is 117 Å². The van der Waals surface area contributed by atoms with Gasteiger partial charge >= 0.3 is 5.69 Å². The van der Waals surface area contributed by atoms with Crippen molar-refractivity contribution in [3.8, 4) is 6.07 Å². The number of rotatable bonds is 7. The van der Waals surface area contributed by atoms with Crippen LogP contribution in [0, 0.1) is 26.9 Å². The van der Waals surface area contributed by atoms with Crippen molar-refractivity contribution < 1.29 is 9.66 Å². The molecule has 20 heavy (non-hydrogen) atoms. The van der Waals surface area contributed by atoms with Crippen LogP contribution in [0.25, 0.3) is 0 Å². The van der Waals surface area contributed by atoms with E-state index in [2.05, 4.69) is 10.3 Å². The maximum Gasteiger partial charge on any atom is 0.328 e. The molecule has 7 nitrogen and oxygen atoms in total. The van der Waals surface area contributed by atoms with Crippen molar-refractivity contribution in [1.29, 1.82) is 5.26 Å². The lowest BCUT2D eigenvalue weighted by Gasteiger charge is -2.24. The predicted octanol–water partition coefficient (Wildman–Crippen LogP) is 2.34. The fourth-order valence-electron chi connectivity index (χ4n) is 1.65. The Kier molecular flexibility index (Phi) is 5.41. The van der Waals surface area contributed by atoms with Gasteiger partial charge in [-0.3, -0.25) is 10.1 Å². The van der Waals surface area contributed by atoms with E-state index >= 15 is 0 Å². The van der Waals surface area contributed by atoms with Crippen molar-refractivity contribution >= 4 is 11.5 Å². The number of nitrogens with one attached hydrogen (secondary N) is 1. The highest BCUT2D eigenvalue weighted by atomic mass is 16.6. The third-order valence-electron chi connectivity index (χ3n) is 2.94. The molecule has 0 saturated heterocycles. The molecule has 0 spiro atoms. The Morgan fingerprint density at radius 2 is 2.30 bits per heavy atom. The average molecular weight is 278 g/mol. The summed E-state index contributed by atoms with van der Waals surface area (Å²) in [6.45, 7) is 5.17. The molecule has 1 N–H and O–H groups in total. The zero-order valence-corrected chi connectivity index (χ0v) is 11.8. The SMILES string of the molecule is COCCC(C)(C)CNc1nccc(C#N)c1[N+](=O)[O-]. The number of hydrogen-bond acceptors (Lipinski definition) is 6. The lowest BCUT2D eigenvalue weighted by atomic mass is 9.90. The quantitative estimate of drug-likeness (QED) is 0.606. The van der Waals surface area contributed by atoms with Crippen molar-refractivity contribution in [2.75, 3.05) is 25.6 Å². The Morgan fingerprint density at radius 3 is 2.85 bits per heavy atom. The lowest BCUT2D eigenvalue weighted by molar-refractivity contribution is -0.384. The van der Waals surface area contributed by atoms with E-state index in [1.54, 1.807) is 7.11 Å². The maximum absolute atomic E-state index is 11.1. The molecule has 0 aliphatic heterocycles. The molecule has 0 saturated carbocycles. The van der Waals surface area contributed by atoms with E-state index in [-0.39, 0.29) is 22.5 Å². The summed E-state index contributed by atoms with van der Waals surface area (Å²) in [5, 5.41) is 22.9. The molecule has 0 atom stereocenters. The zero-order chi connectivity index (χ0) is 15.2. The van der Waals surface area contributed by atoms with Crippen molar-refractivity contribution in [1.82, 2.24) is 4.98 Å². The van der Waals surface area contributed by atoms with Gasteiger partial charge in [0.15, 0.2) is 0 Å². The first kappa shape index (κ1) is 15.9. The van der Waals surface area contributed by atoms with Crippen LogP contribution in [0.1, 0.15) is 25.8 Å². The lowest BCUT2D eigenvalue weighted by Crippen LogP contribution is -2.25. The standard InChI is InChI=1S/C13H18N4O3/c1-13(2,5-7-20-3)9-16-12-11(17(18)19)10(8-14)4-6-15-12/h4,6H,5,7,9H2,1-3H3,(H,15,16). The molecule has 1 aromatic heterocycles. The van der Waals surface area contributed by atoms with Crippen LogP contribution in [0.5, 0.6) is 0 Å². The van der Waals surface area contributed by atoms with Crippen molar-refractivity contribution in [2.45, 2.75) is 20.3 Å². The fraction of sp³-hybridized carbons (Fsp3) is 0.538. The van der Waals surface area contributed by atoms with E-state index in [1.165, 1.54) is 12.3 Å². The van der Waals surface area contributed by atoms with Gasteiger partial charge in [0.25, 0.3) is 0 Å². The molecule has 7 heteroatoms. The predicted molar refractivity (Wildman–Crippen MR) is 74.4 cm³/mol. The van der Waals surface area contributed by atoms with Gasteiger partial charge in [-0.15, -0.1) is 0 Å². The highest BCUT2D eigenvalue weighted by Crippen LogP contribution is 2.28. The molecule has 0 aliphatic rings. The number of nitrogens with zero attached hydrogens (tertiary/aromatic N) is 3. The van der Waals surface area contributed by atoms with Crippen molar-refractivity contribution in [3.63, 3.8) is 0 Å². The Balaban J connectivity index is 2.88. The van der Waals surface area contributed by atoms with Gasteiger partial charge < -0.3 is 10.1 Å². The Bertz CT molecular complexity index is 523. The van der Waals surface area contributed by atoms with E-state index in [1.807, 2.05) is 19.9 Å². The molecule has 0 fully saturated rings. The van der Waals surface area contributed by atoms with Crippen LogP contribution in [0.4, 0.5) is 11.5 Å². The number of aromatic nitrogens is 1. The van der Waals surface area contributed by atoms with E-state index in [4.69, 9.17) is 10.00 Å². The summed E-state index contributed by atoms with van der Waals surface area (Å²) in [7, 11) is 1.63. The fourth-order valence-corrected chi connectivity index (χ4v) is 1.65. The second kappa shape index (κ2) is 6.82. The molecule has 0 radical (unpaired) electrons. The van der Waals surface area contributed by atoms with Crippen LogP contribution >= 0.6 is 0 Å². The number of pyridine rings is 1. The van der Waals surface area contributed by atoms with E-state index in [9.17, 15) is 10.1 Å². The normalized spacial score (nSPS) is 10.9. The number of methoxy groups -OCH3 is 1. The highest BCUT2D eigenvalue weighted by Gasteiger charge is 2.24. The van der Waals surface area contributed by atoms with Gasteiger partial charge in [-0.2, -0.15) is 5.26 Å². The maximum atomic E-state index is 11.1. The van der Waals surface area contributed by atoms with Crippen molar-refractivity contribution in [2.24, 2.45) is 5.41 Å². The Hall–Kier alpha value is -2.20. The largest absolute Gasteiger partial charge is 0.385 e. The summed E-state index contributed by atoms with van der Waals surface area (Å²) in [6, 6.07) is 3.14. The molecular formula is C13H18N4O3. The monoisotopic (exact) mass is 278 g/mol. The Morgan fingerprint density at radius 1 is 1.60 bits per heavy atom. The van der Waals surface area contributed by atoms with Gasteiger partial charge in [-0.1, -0.05) is 13.8 Å². The number of ether oxygens (including phenoxy) is 1. The van der Waals surface area contributed by atoms with Crippen LogP contribution in [0.3, 0.4) is 0 Å². The van der Waals surface area contributed by atoms with Gasteiger partial charge in [0.05, 0.1) is 4.92 Å². The van der Waals surface area contributed by atoms with E-state index < -0.39 is 4.92 Å². The summed E-state index contributed by atoms with van der Waals surface area (Å²) in [4.78, 5) is 14.4. The van der Waals surface area contributed by atoms with E-state index in [0.717, 1.165) is 6.42 Å². The first-order chi connectivity index (χ1) is 9.41. The first-order valence-corrected chi connectivity index (χ1v) is 6.17. The number of anilines is 1. The first-order valence-electron chi connectivity index (χ1n) is 6.17. The van der Waals surface area contributed by atoms with Gasteiger partial charge in [0.2, 0.25) is 5.82 Å². The zero-order valence-electron chi connectivity index (χ0n) is 11.8. The average Bonchev–Trinajstić information content (AvgIpc) is 2.42. The van der Waals surface area contributed by atoms with E-state index in [0.29, 0.717) is 13.2 Å². The van der Waals surface area contributed by atoms with Gasteiger partial charge in [-0.05, 0) is 17.9 Å². The number of nitriles is 1. The smallest absolute Gasteiger partial charge is 0.328 e. The minimum absolute atomic E-state index is 0.00203. The third kappa shape index (κ3) is 4.17. The van der Waals surface area contributed by atoms with Crippen LogP contribution < -0.4 is 5.32 Å². The highest BCUT2D eigenvalue weighted by molar-refractivity contribution is 5.64. The number of nitro groups is 1. The molecule has 0 amide bonds. The molecule has 0 bridgehead atoms. The molecular weight excluding hydrogens is 260 g/mol.